The van der Waals surface area contributed by atoms with Gasteiger partial charge in [-0.3, -0.25) is 0 Å². The van der Waals surface area contributed by atoms with E-state index in [4.69, 9.17) is 17.3 Å². The molecule has 0 aliphatic carbocycles. The molecule has 2 unspecified atom stereocenters. The zero-order valence-electron chi connectivity index (χ0n) is 12.8. The van der Waals surface area contributed by atoms with Crippen molar-refractivity contribution in [3.63, 3.8) is 0 Å². The van der Waals surface area contributed by atoms with Gasteiger partial charge in [0.2, 0.25) is 0 Å². The van der Waals surface area contributed by atoms with E-state index in [2.05, 4.69) is 42.0 Å². The van der Waals surface area contributed by atoms with E-state index < -0.39 is 0 Å². The molecular formula is C16H26ClN3. The van der Waals surface area contributed by atoms with Crippen LogP contribution in [-0.2, 0) is 0 Å². The van der Waals surface area contributed by atoms with E-state index in [1.807, 2.05) is 6.92 Å². The zero-order valence-corrected chi connectivity index (χ0v) is 13.5. The van der Waals surface area contributed by atoms with Crippen LogP contribution in [0.15, 0.2) is 18.2 Å². The fourth-order valence-electron chi connectivity index (χ4n) is 3.00. The van der Waals surface area contributed by atoms with Crippen LogP contribution in [0.1, 0.15) is 38.3 Å². The SMILES string of the molecule is CCC1CN(C)CCCN1c1ccc(C(C)N)c(Cl)c1. The van der Waals surface area contributed by atoms with Crippen molar-refractivity contribution in [2.45, 2.75) is 38.8 Å². The second kappa shape index (κ2) is 6.79. The number of rotatable bonds is 3. The Hall–Kier alpha value is -0.770. The molecule has 1 aliphatic heterocycles. The lowest BCUT2D eigenvalue weighted by atomic mass is 10.1. The van der Waals surface area contributed by atoms with Gasteiger partial charge < -0.3 is 15.5 Å². The lowest BCUT2D eigenvalue weighted by Gasteiger charge is -2.32. The minimum absolute atomic E-state index is 0.0196. The van der Waals surface area contributed by atoms with Crippen LogP contribution in [0.4, 0.5) is 5.69 Å². The van der Waals surface area contributed by atoms with Crippen molar-refractivity contribution in [3.8, 4) is 0 Å². The number of benzene rings is 1. The third kappa shape index (κ3) is 3.46. The largest absolute Gasteiger partial charge is 0.367 e. The molecule has 2 rings (SSSR count). The van der Waals surface area contributed by atoms with Crippen LogP contribution in [0.5, 0.6) is 0 Å². The number of nitrogens with zero attached hydrogens (tertiary/aromatic N) is 2. The second-order valence-electron chi connectivity index (χ2n) is 5.87. The van der Waals surface area contributed by atoms with Crippen LogP contribution in [0.2, 0.25) is 5.02 Å². The van der Waals surface area contributed by atoms with Crippen molar-refractivity contribution in [2.24, 2.45) is 5.73 Å². The average molecular weight is 296 g/mol. The van der Waals surface area contributed by atoms with E-state index in [0.717, 1.165) is 30.1 Å². The van der Waals surface area contributed by atoms with Gasteiger partial charge in [0.05, 0.1) is 0 Å². The third-order valence-corrected chi connectivity index (χ3v) is 4.51. The van der Waals surface area contributed by atoms with Gasteiger partial charge in [-0.2, -0.15) is 0 Å². The smallest absolute Gasteiger partial charge is 0.0474 e. The first-order chi connectivity index (χ1) is 9.52. The minimum Gasteiger partial charge on any atom is -0.367 e. The summed E-state index contributed by atoms with van der Waals surface area (Å²) in [5.74, 6) is 0. The van der Waals surface area contributed by atoms with Crippen LogP contribution in [0.3, 0.4) is 0 Å². The summed E-state index contributed by atoms with van der Waals surface area (Å²) in [6, 6.07) is 6.85. The molecule has 0 spiro atoms. The Morgan fingerprint density at radius 3 is 2.75 bits per heavy atom. The molecule has 1 fully saturated rings. The Morgan fingerprint density at radius 1 is 1.40 bits per heavy atom. The number of nitrogens with two attached hydrogens (primary N) is 1. The molecule has 20 heavy (non-hydrogen) atoms. The quantitative estimate of drug-likeness (QED) is 0.929. The van der Waals surface area contributed by atoms with Gasteiger partial charge in [-0.05, 0) is 51.1 Å². The molecular weight excluding hydrogens is 270 g/mol. The van der Waals surface area contributed by atoms with Crippen molar-refractivity contribution in [3.05, 3.63) is 28.8 Å². The Bertz CT molecular complexity index is 447. The number of anilines is 1. The summed E-state index contributed by atoms with van der Waals surface area (Å²) in [5, 5.41) is 0.782. The molecule has 0 saturated carbocycles. The molecule has 0 radical (unpaired) electrons. The molecule has 3 nitrogen and oxygen atoms in total. The van der Waals surface area contributed by atoms with Crippen LogP contribution in [0.25, 0.3) is 0 Å². The molecule has 0 bridgehead atoms. The minimum atomic E-state index is -0.0196. The van der Waals surface area contributed by atoms with E-state index >= 15 is 0 Å². The highest BCUT2D eigenvalue weighted by molar-refractivity contribution is 6.31. The number of likely N-dealkylation sites (N-methyl/N-ethyl adjacent to an activating group) is 1. The molecule has 112 valence electrons. The van der Waals surface area contributed by atoms with Crippen LogP contribution < -0.4 is 10.6 Å². The van der Waals surface area contributed by atoms with E-state index in [9.17, 15) is 0 Å². The Kier molecular flexibility index (Phi) is 5.30. The van der Waals surface area contributed by atoms with Crippen LogP contribution in [0, 0.1) is 0 Å². The maximum Gasteiger partial charge on any atom is 0.0474 e. The number of hydrogen-bond donors (Lipinski definition) is 1. The second-order valence-corrected chi connectivity index (χ2v) is 6.27. The van der Waals surface area contributed by atoms with Crippen molar-refractivity contribution in [1.29, 1.82) is 0 Å². The highest BCUT2D eigenvalue weighted by Gasteiger charge is 2.22. The summed E-state index contributed by atoms with van der Waals surface area (Å²) in [6.45, 7) is 7.60. The highest BCUT2D eigenvalue weighted by atomic mass is 35.5. The van der Waals surface area contributed by atoms with Gasteiger partial charge in [-0.25, -0.2) is 0 Å². The van der Waals surface area contributed by atoms with Crippen molar-refractivity contribution in [2.75, 3.05) is 31.6 Å². The zero-order chi connectivity index (χ0) is 14.7. The van der Waals surface area contributed by atoms with Crippen molar-refractivity contribution in [1.82, 2.24) is 4.90 Å². The summed E-state index contributed by atoms with van der Waals surface area (Å²) >= 11 is 6.39. The number of hydrogen-bond acceptors (Lipinski definition) is 3. The lowest BCUT2D eigenvalue weighted by Crippen LogP contribution is -2.39. The summed E-state index contributed by atoms with van der Waals surface area (Å²) in [4.78, 5) is 4.92. The molecule has 1 aromatic carbocycles. The van der Waals surface area contributed by atoms with E-state index in [-0.39, 0.29) is 6.04 Å². The fourth-order valence-corrected chi connectivity index (χ4v) is 3.34. The van der Waals surface area contributed by atoms with Crippen LogP contribution >= 0.6 is 11.6 Å². The van der Waals surface area contributed by atoms with Gasteiger partial charge in [-0.15, -0.1) is 0 Å². The van der Waals surface area contributed by atoms with Gasteiger partial charge in [0, 0.05) is 35.9 Å². The average Bonchev–Trinajstić information content (AvgIpc) is 2.59. The molecule has 1 heterocycles. The van der Waals surface area contributed by atoms with Gasteiger partial charge >= 0.3 is 0 Å². The van der Waals surface area contributed by atoms with Crippen LogP contribution in [-0.4, -0.2) is 37.6 Å². The first-order valence-corrected chi connectivity index (χ1v) is 7.91. The maximum absolute atomic E-state index is 6.39. The molecule has 0 amide bonds. The van der Waals surface area contributed by atoms with Crippen molar-refractivity contribution >= 4 is 17.3 Å². The molecule has 1 saturated heterocycles. The lowest BCUT2D eigenvalue weighted by molar-refractivity contribution is 0.328. The predicted octanol–water partition coefficient (Wildman–Crippen LogP) is 3.28. The fraction of sp³-hybridized carbons (Fsp3) is 0.625. The first-order valence-electron chi connectivity index (χ1n) is 7.53. The summed E-state index contributed by atoms with van der Waals surface area (Å²) < 4.78 is 0. The summed E-state index contributed by atoms with van der Waals surface area (Å²) in [7, 11) is 2.21. The normalized spacial score (nSPS) is 22.6. The molecule has 2 atom stereocenters. The monoisotopic (exact) mass is 295 g/mol. The highest BCUT2D eigenvalue weighted by Crippen LogP contribution is 2.29. The van der Waals surface area contributed by atoms with E-state index in [0.29, 0.717) is 6.04 Å². The Labute approximate surface area is 127 Å². The molecule has 4 heteroatoms. The third-order valence-electron chi connectivity index (χ3n) is 4.18. The van der Waals surface area contributed by atoms with E-state index in [1.165, 1.54) is 18.7 Å². The van der Waals surface area contributed by atoms with Crippen molar-refractivity contribution < 1.29 is 0 Å². The summed E-state index contributed by atoms with van der Waals surface area (Å²) in [6.07, 6.45) is 2.34. The Morgan fingerprint density at radius 2 is 2.15 bits per heavy atom. The van der Waals surface area contributed by atoms with Gasteiger partial charge in [0.25, 0.3) is 0 Å². The standard InChI is InChI=1S/C16H26ClN3/c1-4-13-11-19(3)8-5-9-20(13)14-6-7-15(12(2)18)16(17)10-14/h6-7,10,12-13H,4-5,8-9,11,18H2,1-3H3. The molecule has 0 aromatic heterocycles. The molecule has 1 aliphatic rings. The van der Waals surface area contributed by atoms with Gasteiger partial charge in [-0.1, -0.05) is 24.6 Å². The maximum atomic E-state index is 6.39. The Balaban J connectivity index is 2.26. The topological polar surface area (TPSA) is 32.5 Å². The molecule has 1 aromatic rings. The summed E-state index contributed by atoms with van der Waals surface area (Å²) in [5.41, 5.74) is 8.18. The molecule has 2 N–H and O–H groups in total. The number of halogens is 1. The van der Waals surface area contributed by atoms with Gasteiger partial charge in [0.15, 0.2) is 0 Å². The van der Waals surface area contributed by atoms with Gasteiger partial charge in [0.1, 0.15) is 0 Å². The first kappa shape index (κ1) is 15.6. The van der Waals surface area contributed by atoms with E-state index in [1.54, 1.807) is 0 Å². The predicted molar refractivity (Wildman–Crippen MR) is 87.6 cm³/mol.